The summed E-state index contributed by atoms with van der Waals surface area (Å²) in [5.74, 6) is 0.787. The van der Waals surface area contributed by atoms with Crippen LogP contribution in [0.3, 0.4) is 0 Å². The molecule has 1 aliphatic heterocycles. The van der Waals surface area contributed by atoms with Crippen LogP contribution in [0.2, 0.25) is 0 Å². The summed E-state index contributed by atoms with van der Waals surface area (Å²) in [6.07, 6.45) is 8.51. The molecule has 0 amide bonds. The number of nitriles is 1. The number of hydrogen-bond donors (Lipinski definition) is 0. The molecule has 0 aromatic rings. The van der Waals surface area contributed by atoms with Gasteiger partial charge in [0.1, 0.15) is 5.54 Å². The maximum Gasteiger partial charge on any atom is 0.109 e. The molecule has 2 aliphatic rings. The largest absolute Gasteiger partial charge is 0.286 e. The Balaban J connectivity index is 2.08. The van der Waals surface area contributed by atoms with Crippen molar-refractivity contribution in [2.24, 2.45) is 11.3 Å². The lowest BCUT2D eigenvalue weighted by atomic mass is 9.76. The summed E-state index contributed by atoms with van der Waals surface area (Å²) in [4.78, 5) is 2.48. The molecule has 0 spiro atoms. The SMILES string of the molecule is CC(C)(C)C1CCCC(C#N)(N2CCCC2)CC1. The molecule has 1 heterocycles. The van der Waals surface area contributed by atoms with Gasteiger partial charge in [0.25, 0.3) is 0 Å². The normalized spacial score (nSPS) is 35.1. The minimum atomic E-state index is -0.128. The predicted molar refractivity (Wildman–Crippen MR) is 75.2 cm³/mol. The standard InChI is InChI=1S/C16H28N2/c1-15(2,3)14-7-6-9-16(13-17,10-8-14)18-11-4-5-12-18/h14H,4-12H2,1-3H3. The van der Waals surface area contributed by atoms with Crippen molar-refractivity contribution in [3.63, 3.8) is 0 Å². The summed E-state index contributed by atoms with van der Waals surface area (Å²) in [6, 6.07) is 2.70. The Kier molecular flexibility index (Phi) is 4.02. The molecule has 2 nitrogen and oxygen atoms in total. The first kappa shape index (κ1) is 13.9. The second kappa shape index (κ2) is 5.21. The summed E-state index contributed by atoms with van der Waals surface area (Å²) >= 11 is 0. The number of rotatable bonds is 1. The summed E-state index contributed by atoms with van der Waals surface area (Å²) in [5, 5.41) is 9.72. The monoisotopic (exact) mass is 248 g/mol. The Morgan fingerprint density at radius 2 is 1.72 bits per heavy atom. The molecule has 0 radical (unpaired) electrons. The summed E-state index contributed by atoms with van der Waals surface area (Å²) < 4.78 is 0. The summed E-state index contributed by atoms with van der Waals surface area (Å²) in [7, 11) is 0. The highest BCUT2D eigenvalue weighted by Crippen LogP contribution is 2.42. The van der Waals surface area contributed by atoms with Gasteiger partial charge in [-0.2, -0.15) is 5.26 Å². The highest BCUT2D eigenvalue weighted by atomic mass is 15.2. The number of hydrogen-bond acceptors (Lipinski definition) is 2. The molecule has 1 saturated heterocycles. The van der Waals surface area contributed by atoms with E-state index in [0.29, 0.717) is 5.41 Å². The minimum absolute atomic E-state index is 0.128. The third-order valence-electron chi connectivity index (χ3n) is 5.19. The number of likely N-dealkylation sites (tertiary alicyclic amines) is 1. The summed E-state index contributed by atoms with van der Waals surface area (Å²) in [6.45, 7) is 9.36. The third-order valence-corrected chi connectivity index (χ3v) is 5.19. The van der Waals surface area contributed by atoms with Crippen LogP contribution in [0.5, 0.6) is 0 Å². The van der Waals surface area contributed by atoms with Crippen LogP contribution in [0.15, 0.2) is 0 Å². The molecular formula is C16H28N2. The van der Waals surface area contributed by atoms with Gasteiger partial charge in [-0.25, -0.2) is 0 Å². The Morgan fingerprint density at radius 3 is 2.28 bits per heavy atom. The van der Waals surface area contributed by atoms with Gasteiger partial charge in [-0.3, -0.25) is 4.90 Å². The van der Waals surface area contributed by atoms with Crippen LogP contribution in [0.1, 0.15) is 65.7 Å². The minimum Gasteiger partial charge on any atom is -0.286 e. The fourth-order valence-corrected chi connectivity index (χ4v) is 3.83. The molecule has 18 heavy (non-hydrogen) atoms. The van der Waals surface area contributed by atoms with Gasteiger partial charge in [0.15, 0.2) is 0 Å². The van der Waals surface area contributed by atoms with Gasteiger partial charge in [-0.15, -0.1) is 0 Å². The zero-order valence-corrected chi connectivity index (χ0v) is 12.3. The van der Waals surface area contributed by atoms with Crippen LogP contribution in [0.4, 0.5) is 0 Å². The molecule has 0 N–H and O–H groups in total. The van der Waals surface area contributed by atoms with Crippen molar-refractivity contribution in [2.45, 2.75) is 71.3 Å². The molecular weight excluding hydrogens is 220 g/mol. The van der Waals surface area contributed by atoms with Gasteiger partial charge in [-0.05, 0) is 62.9 Å². The predicted octanol–water partition coefficient (Wildman–Crippen LogP) is 3.97. The van der Waals surface area contributed by atoms with Crippen molar-refractivity contribution in [2.75, 3.05) is 13.1 Å². The Hall–Kier alpha value is -0.550. The molecule has 2 unspecified atom stereocenters. The zero-order chi connectivity index (χ0) is 13.2. The quantitative estimate of drug-likeness (QED) is 0.656. The van der Waals surface area contributed by atoms with E-state index in [1.54, 1.807) is 0 Å². The molecule has 2 heteroatoms. The van der Waals surface area contributed by atoms with Gasteiger partial charge in [-0.1, -0.05) is 27.2 Å². The molecule has 2 atom stereocenters. The van der Waals surface area contributed by atoms with Gasteiger partial charge >= 0.3 is 0 Å². The van der Waals surface area contributed by atoms with Crippen LogP contribution >= 0.6 is 0 Å². The van der Waals surface area contributed by atoms with Gasteiger partial charge < -0.3 is 0 Å². The van der Waals surface area contributed by atoms with Crippen LogP contribution < -0.4 is 0 Å². The van der Waals surface area contributed by atoms with Crippen molar-refractivity contribution in [1.82, 2.24) is 4.90 Å². The van der Waals surface area contributed by atoms with E-state index in [1.165, 1.54) is 32.1 Å². The van der Waals surface area contributed by atoms with Crippen molar-refractivity contribution >= 4 is 0 Å². The van der Waals surface area contributed by atoms with Crippen LogP contribution in [-0.4, -0.2) is 23.5 Å². The Labute approximate surface area is 112 Å². The van der Waals surface area contributed by atoms with Crippen LogP contribution in [0, 0.1) is 22.7 Å². The first-order valence-corrected chi connectivity index (χ1v) is 7.64. The maximum absolute atomic E-state index is 9.72. The molecule has 0 bridgehead atoms. The molecule has 2 rings (SSSR count). The van der Waals surface area contributed by atoms with Gasteiger partial charge in [0, 0.05) is 0 Å². The van der Waals surface area contributed by atoms with Crippen LogP contribution in [-0.2, 0) is 0 Å². The molecule has 102 valence electrons. The molecule has 0 aromatic heterocycles. The zero-order valence-electron chi connectivity index (χ0n) is 12.3. The van der Waals surface area contributed by atoms with E-state index in [0.717, 1.165) is 31.8 Å². The fourth-order valence-electron chi connectivity index (χ4n) is 3.83. The lowest BCUT2D eigenvalue weighted by molar-refractivity contribution is 0.145. The van der Waals surface area contributed by atoms with E-state index in [4.69, 9.17) is 0 Å². The summed E-state index contributed by atoms with van der Waals surface area (Å²) in [5.41, 5.74) is 0.271. The van der Waals surface area contributed by atoms with E-state index < -0.39 is 0 Å². The smallest absolute Gasteiger partial charge is 0.109 e. The van der Waals surface area contributed by atoms with E-state index in [-0.39, 0.29) is 5.54 Å². The Bertz CT molecular complexity index is 317. The van der Waals surface area contributed by atoms with E-state index in [2.05, 4.69) is 31.7 Å². The first-order valence-electron chi connectivity index (χ1n) is 7.64. The van der Waals surface area contributed by atoms with Crippen molar-refractivity contribution in [3.05, 3.63) is 0 Å². The third kappa shape index (κ3) is 2.72. The van der Waals surface area contributed by atoms with E-state index in [1.807, 2.05) is 0 Å². The second-order valence-electron chi connectivity index (χ2n) is 7.33. The number of nitrogens with zero attached hydrogens (tertiary/aromatic N) is 2. The highest BCUT2D eigenvalue weighted by Gasteiger charge is 2.41. The lowest BCUT2D eigenvalue weighted by Crippen LogP contribution is -2.45. The molecule has 0 aromatic carbocycles. The lowest BCUT2D eigenvalue weighted by Gasteiger charge is -2.36. The second-order valence-corrected chi connectivity index (χ2v) is 7.33. The average Bonchev–Trinajstić information content (AvgIpc) is 2.74. The van der Waals surface area contributed by atoms with Crippen molar-refractivity contribution in [1.29, 1.82) is 5.26 Å². The van der Waals surface area contributed by atoms with Crippen molar-refractivity contribution in [3.8, 4) is 6.07 Å². The fraction of sp³-hybridized carbons (Fsp3) is 0.938. The van der Waals surface area contributed by atoms with Crippen molar-refractivity contribution < 1.29 is 0 Å². The molecule has 2 fully saturated rings. The highest BCUT2D eigenvalue weighted by molar-refractivity contribution is 5.10. The first-order chi connectivity index (χ1) is 8.48. The van der Waals surface area contributed by atoms with Gasteiger partial charge in [0.05, 0.1) is 6.07 Å². The van der Waals surface area contributed by atoms with Crippen LogP contribution in [0.25, 0.3) is 0 Å². The molecule has 1 saturated carbocycles. The Morgan fingerprint density at radius 1 is 1.06 bits per heavy atom. The van der Waals surface area contributed by atoms with E-state index >= 15 is 0 Å². The molecule has 1 aliphatic carbocycles. The topological polar surface area (TPSA) is 27.0 Å². The maximum atomic E-state index is 9.72. The van der Waals surface area contributed by atoms with E-state index in [9.17, 15) is 5.26 Å². The van der Waals surface area contributed by atoms with Gasteiger partial charge in [0.2, 0.25) is 0 Å². The average molecular weight is 248 g/mol.